The quantitative estimate of drug-likeness (QED) is 0.866. The highest BCUT2D eigenvalue weighted by molar-refractivity contribution is 5.37. The van der Waals surface area contributed by atoms with Crippen LogP contribution < -0.4 is 5.32 Å². The molecule has 1 heterocycles. The summed E-state index contributed by atoms with van der Waals surface area (Å²) in [4.78, 5) is 0. The molecule has 1 aromatic carbocycles. The molecule has 1 unspecified atom stereocenters. The van der Waals surface area contributed by atoms with Gasteiger partial charge in [0.1, 0.15) is 0 Å². The Morgan fingerprint density at radius 3 is 2.41 bits per heavy atom. The van der Waals surface area contributed by atoms with Crippen LogP contribution >= 0.6 is 0 Å². The van der Waals surface area contributed by atoms with Crippen LogP contribution in [0.2, 0.25) is 0 Å². The average molecular weight is 233 g/mol. The van der Waals surface area contributed by atoms with Crippen LogP contribution in [0.25, 0.3) is 0 Å². The molecular formula is C15H23NO. The van der Waals surface area contributed by atoms with Crippen LogP contribution in [0, 0.1) is 20.8 Å². The molecule has 1 aliphatic heterocycles. The molecule has 0 amide bonds. The van der Waals surface area contributed by atoms with E-state index >= 15 is 0 Å². The number of ether oxygens (including phenoxy) is 1. The smallest absolute Gasteiger partial charge is 0.0646 e. The van der Waals surface area contributed by atoms with Crippen LogP contribution in [0.1, 0.15) is 35.6 Å². The van der Waals surface area contributed by atoms with Crippen molar-refractivity contribution in [3.63, 3.8) is 0 Å². The first-order valence-electron chi connectivity index (χ1n) is 6.40. The molecule has 17 heavy (non-hydrogen) atoms. The summed E-state index contributed by atoms with van der Waals surface area (Å²) in [5, 5.41) is 3.65. The van der Waals surface area contributed by atoms with Crippen molar-refractivity contribution < 1.29 is 4.74 Å². The minimum absolute atomic E-state index is 0.157. The van der Waals surface area contributed by atoms with Gasteiger partial charge in [-0.15, -0.1) is 0 Å². The first kappa shape index (κ1) is 12.6. The van der Waals surface area contributed by atoms with Crippen molar-refractivity contribution in [2.75, 3.05) is 13.2 Å². The minimum Gasteiger partial charge on any atom is -0.379 e. The normalized spacial score (nSPS) is 24.2. The Morgan fingerprint density at radius 2 is 1.88 bits per heavy atom. The van der Waals surface area contributed by atoms with Gasteiger partial charge >= 0.3 is 0 Å². The standard InChI is InChI=1S/C15H23NO/c1-11-7-12(2)14(13(3)8-11)9-16-15(4)5-6-17-10-15/h7-8,16H,5-6,9-10H2,1-4H3. The molecular weight excluding hydrogens is 210 g/mol. The molecule has 0 saturated carbocycles. The van der Waals surface area contributed by atoms with Crippen molar-refractivity contribution >= 4 is 0 Å². The van der Waals surface area contributed by atoms with Crippen molar-refractivity contribution in [3.8, 4) is 0 Å². The highest BCUT2D eigenvalue weighted by Gasteiger charge is 2.28. The molecule has 0 aromatic heterocycles. The van der Waals surface area contributed by atoms with E-state index in [0.717, 1.165) is 26.2 Å². The molecule has 1 N–H and O–H groups in total. The van der Waals surface area contributed by atoms with Crippen LogP contribution in [0.15, 0.2) is 12.1 Å². The lowest BCUT2D eigenvalue weighted by atomic mass is 9.97. The Morgan fingerprint density at radius 1 is 1.24 bits per heavy atom. The molecule has 0 radical (unpaired) electrons. The molecule has 2 nitrogen and oxygen atoms in total. The van der Waals surface area contributed by atoms with Crippen molar-refractivity contribution in [3.05, 3.63) is 34.4 Å². The lowest BCUT2D eigenvalue weighted by Gasteiger charge is -2.25. The van der Waals surface area contributed by atoms with Crippen molar-refractivity contribution in [2.45, 2.75) is 46.2 Å². The highest BCUT2D eigenvalue weighted by atomic mass is 16.5. The number of rotatable bonds is 3. The summed E-state index contributed by atoms with van der Waals surface area (Å²) in [7, 11) is 0. The van der Waals surface area contributed by atoms with E-state index in [4.69, 9.17) is 4.74 Å². The third-order valence-electron chi connectivity index (χ3n) is 3.75. The van der Waals surface area contributed by atoms with Gasteiger partial charge in [-0.25, -0.2) is 0 Å². The van der Waals surface area contributed by atoms with Crippen molar-refractivity contribution in [1.29, 1.82) is 0 Å². The maximum absolute atomic E-state index is 5.47. The van der Waals surface area contributed by atoms with Gasteiger partial charge in [-0.1, -0.05) is 17.7 Å². The average Bonchev–Trinajstić information content (AvgIpc) is 2.64. The molecule has 0 spiro atoms. The Balaban J connectivity index is 2.08. The third-order valence-corrected chi connectivity index (χ3v) is 3.75. The summed E-state index contributed by atoms with van der Waals surface area (Å²) < 4.78 is 5.47. The Bertz CT molecular complexity index is 382. The Hall–Kier alpha value is -0.860. The third kappa shape index (κ3) is 2.88. The molecule has 2 rings (SSSR count). The maximum atomic E-state index is 5.47. The van der Waals surface area contributed by atoms with Gasteiger partial charge in [0.05, 0.1) is 6.61 Å². The molecule has 0 aliphatic carbocycles. The van der Waals surface area contributed by atoms with Crippen molar-refractivity contribution in [1.82, 2.24) is 5.32 Å². The van der Waals surface area contributed by atoms with E-state index in [1.165, 1.54) is 22.3 Å². The van der Waals surface area contributed by atoms with Crippen LogP contribution in [0.3, 0.4) is 0 Å². The fourth-order valence-corrected chi connectivity index (χ4v) is 2.60. The SMILES string of the molecule is Cc1cc(C)c(CNC2(C)CCOC2)c(C)c1. The lowest BCUT2D eigenvalue weighted by Crippen LogP contribution is -2.42. The van der Waals surface area contributed by atoms with E-state index in [-0.39, 0.29) is 5.54 Å². The second kappa shape index (κ2) is 4.79. The fourth-order valence-electron chi connectivity index (χ4n) is 2.60. The highest BCUT2D eigenvalue weighted by Crippen LogP contribution is 2.21. The molecule has 2 heteroatoms. The van der Waals surface area contributed by atoms with Gasteiger partial charge in [0.2, 0.25) is 0 Å². The zero-order valence-corrected chi connectivity index (χ0v) is 11.4. The maximum Gasteiger partial charge on any atom is 0.0646 e. The molecule has 1 fully saturated rings. The monoisotopic (exact) mass is 233 g/mol. The molecule has 0 bridgehead atoms. The zero-order chi connectivity index (χ0) is 12.5. The van der Waals surface area contributed by atoms with Gasteiger partial charge in [-0.05, 0) is 50.8 Å². The van der Waals surface area contributed by atoms with E-state index < -0.39 is 0 Å². The zero-order valence-electron chi connectivity index (χ0n) is 11.4. The Kier molecular flexibility index (Phi) is 3.55. The predicted molar refractivity (Wildman–Crippen MR) is 71.3 cm³/mol. The van der Waals surface area contributed by atoms with E-state index in [9.17, 15) is 0 Å². The van der Waals surface area contributed by atoms with Crippen LogP contribution in [0.4, 0.5) is 0 Å². The Labute approximate surface area is 104 Å². The number of benzene rings is 1. The lowest BCUT2D eigenvalue weighted by molar-refractivity contribution is 0.171. The van der Waals surface area contributed by atoms with Gasteiger partial charge in [-0.3, -0.25) is 0 Å². The van der Waals surface area contributed by atoms with Crippen LogP contribution in [0.5, 0.6) is 0 Å². The molecule has 1 aromatic rings. The van der Waals surface area contributed by atoms with E-state index in [2.05, 4.69) is 45.1 Å². The van der Waals surface area contributed by atoms with Crippen LogP contribution in [-0.4, -0.2) is 18.8 Å². The van der Waals surface area contributed by atoms with Gasteiger partial charge in [0, 0.05) is 18.7 Å². The summed E-state index contributed by atoms with van der Waals surface area (Å²) in [6.07, 6.45) is 1.11. The number of hydrogen-bond acceptors (Lipinski definition) is 2. The van der Waals surface area contributed by atoms with Gasteiger partial charge in [-0.2, -0.15) is 0 Å². The number of hydrogen-bond donors (Lipinski definition) is 1. The summed E-state index contributed by atoms with van der Waals surface area (Å²) in [6.45, 7) is 11.5. The van der Waals surface area contributed by atoms with Gasteiger partial charge in [0.25, 0.3) is 0 Å². The second-order valence-electron chi connectivity index (χ2n) is 5.59. The molecule has 1 saturated heterocycles. The molecule has 1 aliphatic rings. The first-order chi connectivity index (χ1) is 8.00. The minimum atomic E-state index is 0.157. The van der Waals surface area contributed by atoms with Crippen molar-refractivity contribution in [2.24, 2.45) is 0 Å². The summed E-state index contributed by atoms with van der Waals surface area (Å²) in [6, 6.07) is 4.52. The summed E-state index contributed by atoms with van der Waals surface area (Å²) in [5.74, 6) is 0. The second-order valence-corrected chi connectivity index (χ2v) is 5.59. The number of aryl methyl sites for hydroxylation is 3. The largest absolute Gasteiger partial charge is 0.379 e. The van der Waals surface area contributed by atoms with E-state index in [1.807, 2.05) is 0 Å². The van der Waals surface area contributed by atoms with Gasteiger partial charge < -0.3 is 10.1 Å². The molecule has 94 valence electrons. The molecule has 1 atom stereocenters. The van der Waals surface area contributed by atoms with E-state index in [1.54, 1.807) is 0 Å². The topological polar surface area (TPSA) is 21.3 Å². The van der Waals surface area contributed by atoms with Crippen LogP contribution in [-0.2, 0) is 11.3 Å². The number of nitrogens with one attached hydrogen (secondary N) is 1. The fraction of sp³-hybridized carbons (Fsp3) is 0.600. The van der Waals surface area contributed by atoms with Gasteiger partial charge in [0.15, 0.2) is 0 Å². The van der Waals surface area contributed by atoms with E-state index in [0.29, 0.717) is 0 Å². The summed E-state index contributed by atoms with van der Waals surface area (Å²) >= 11 is 0. The summed E-state index contributed by atoms with van der Waals surface area (Å²) in [5.41, 5.74) is 5.71. The predicted octanol–water partition coefficient (Wildman–Crippen LogP) is 2.88. The first-order valence-corrected chi connectivity index (χ1v) is 6.40.